The van der Waals surface area contributed by atoms with Crippen LogP contribution in [0.4, 0.5) is 5.69 Å². The third-order valence-electron chi connectivity index (χ3n) is 2.99. The smallest absolute Gasteiger partial charge is 0.272 e. The summed E-state index contributed by atoms with van der Waals surface area (Å²) >= 11 is 0. The van der Waals surface area contributed by atoms with Crippen molar-refractivity contribution in [2.24, 2.45) is 0 Å². The number of pyridine rings is 1. The van der Waals surface area contributed by atoms with Gasteiger partial charge in [0, 0.05) is 24.4 Å². The molecule has 1 aromatic heterocycles. The van der Waals surface area contributed by atoms with E-state index in [2.05, 4.69) is 15.6 Å². The van der Waals surface area contributed by atoms with E-state index in [-0.39, 0.29) is 17.2 Å². The molecule has 21 heavy (non-hydrogen) atoms. The molecule has 0 atom stereocenters. The lowest BCUT2D eigenvalue weighted by Gasteiger charge is -2.10. The molecule has 6 nitrogen and oxygen atoms in total. The molecule has 6 heteroatoms. The van der Waals surface area contributed by atoms with Gasteiger partial charge in [-0.2, -0.15) is 0 Å². The summed E-state index contributed by atoms with van der Waals surface area (Å²) in [6, 6.07) is 9.35. The molecule has 2 rings (SSSR count). The maximum absolute atomic E-state index is 12.1. The predicted molar refractivity (Wildman–Crippen MR) is 79.6 cm³/mol. The highest BCUT2D eigenvalue weighted by molar-refractivity contribution is 6.04. The van der Waals surface area contributed by atoms with Crippen molar-refractivity contribution < 1.29 is 9.59 Å². The van der Waals surface area contributed by atoms with E-state index in [0.29, 0.717) is 11.3 Å². The Morgan fingerprint density at radius 2 is 1.86 bits per heavy atom. The normalized spacial score (nSPS) is 10.0. The second-order valence-electron chi connectivity index (χ2n) is 4.49. The quantitative estimate of drug-likeness (QED) is 0.793. The molecule has 0 saturated heterocycles. The van der Waals surface area contributed by atoms with Crippen LogP contribution in [0.1, 0.15) is 26.4 Å². The molecule has 0 bridgehead atoms. The first-order valence-corrected chi connectivity index (χ1v) is 6.34. The number of carbonyl (C=O) groups is 2. The van der Waals surface area contributed by atoms with Crippen LogP contribution in [-0.2, 0) is 0 Å². The van der Waals surface area contributed by atoms with Crippen molar-refractivity contribution in [3.05, 3.63) is 63.6 Å². The lowest BCUT2D eigenvalue weighted by Crippen LogP contribution is -2.20. The van der Waals surface area contributed by atoms with Gasteiger partial charge in [0.05, 0.1) is 0 Å². The minimum absolute atomic E-state index is 0.159. The van der Waals surface area contributed by atoms with Crippen molar-refractivity contribution in [3.8, 4) is 0 Å². The van der Waals surface area contributed by atoms with Crippen LogP contribution in [0, 0.1) is 6.92 Å². The average molecular weight is 285 g/mol. The number of aryl methyl sites for hydroxylation is 1. The minimum atomic E-state index is -0.440. The van der Waals surface area contributed by atoms with Gasteiger partial charge in [0.15, 0.2) is 0 Å². The summed E-state index contributed by atoms with van der Waals surface area (Å²) in [5, 5.41) is 5.21. The molecule has 108 valence electrons. The summed E-state index contributed by atoms with van der Waals surface area (Å²) < 4.78 is 0. The van der Waals surface area contributed by atoms with Crippen molar-refractivity contribution in [1.82, 2.24) is 10.3 Å². The molecule has 0 saturated carbocycles. The number of hydrogen-bond donors (Lipinski definition) is 3. The van der Waals surface area contributed by atoms with E-state index in [1.165, 1.54) is 25.2 Å². The van der Waals surface area contributed by atoms with Crippen LogP contribution in [0.25, 0.3) is 0 Å². The van der Waals surface area contributed by atoms with E-state index in [1.54, 1.807) is 18.2 Å². The van der Waals surface area contributed by atoms with Crippen LogP contribution < -0.4 is 16.2 Å². The van der Waals surface area contributed by atoms with E-state index in [4.69, 9.17) is 0 Å². The predicted octanol–water partition coefficient (Wildman–Crippen LogP) is 1.30. The minimum Gasteiger partial charge on any atom is -0.355 e. The van der Waals surface area contributed by atoms with E-state index < -0.39 is 5.91 Å². The van der Waals surface area contributed by atoms with Crippen molar-refractivity contribution in [2.75, 3.05) is 12.4 Å². The molecular weight excluding hydrogens is 270 g/mol. The zero-order valence-electron chi connectivity index (χ0n) is 11.7. The summed E-state index contributed by atoms with van der Waals surface area (Å²) in [6.45, 7) is 1.82. The molecule has 2 amide bonds. The maximum atomic E-state index is 12.1. The molecule has 0 aliphatic carbocycles. The molecular formula is C15H15N3O3. The number of nitrogens with one attached hydrogen (secondary N) is 3. The molecule has 3 N–H and O–H groups in total. The SMILES string of the molecule is CNC(=O)c1ccc(C)c(NC(=O)c2cccc(=O)[nH]2)c1. The Morgan fingerprint density at radius 1 is 1.10 bits per heavy atom. The van der Waals surface area contributed by atoms with Gasteiger partial charge < -0.3 is 15.6 Å². The number of H-pyrrole nitrogens is 1. The van der Waals surface area contributed by atoms with Gasteiger partial charge >= 0.3 is 0 Å². The highest BCUT2D eigenvalue weighted by Crippen LogP contribution is 2.17. The van der Waals surface area contributed by atoms with Crippen molar-refractivity contribution in [1.29, 1.82) is 0 Å². The van der Waals surface area contributed by atoms with E-state index in [1.807, 2.05) is 6.92 Å². The Morgan fingerprint density at radius 3 is 2.52 bits per heavy atom. The highest BCUT2D eigenvalue weighted by atomic mass is 16.2. The Balaban J connectivity index is 2.28. The topological polar surface area (TPSA) is 91.1 Å². The van der Waals surface area contributed by atoms with Gasteiger partial charge in [-0.15, -0.1) is 0 Å². The summed E-state index contributed by atoms with van der Waals surface area (Å²) in [5.41, 5.74) is 1.59. The van der Waals surface area contributed by atoms with Gasteiger partial charge in [-0.3, -0.25) is 14.4 Å². The first-order valence-electron chi connectivity index (χ1n) is 6.34. The zero-order chi connectivity index (χ0) is 15.4. The van der Waals surface area contributed by atoms with Gasteiger partial charge in [0.25, 0.3) is 11.8 Å². The van der Waals surface area contributed by atoms with Crippen LogP contribution in [0.5, 0.6) is 0 Å². The Labute approximate surface area is 121 Å². The van der Waals surface area contributed by atoms with Gasteiger partial charge in [-0.05, 0) is 30.7 Å². The standard InChI is InChI=1S/C15H15N3O3/c1-9-6-7-10(14(20)16-2)8-12(9)18-15(21)11-4-3-5-13(19)17-11/h3-8H,1-2H3,(H,16,20)(H,17,19)(H,18,21). The molecule has 1 aromatic carbocycles. The van der Waals surface area contributed by atoms with E-state index >= 15 is 0 Å². The first-order chi connectivity index (χ1) is 10.0. The van der Waals surface area contributed by atoms with Crippen LogP contribution in [-0.4, -0.2) is 23.8 Å². The Hall–Kier alpha value is -2.89. The fourth-order valence-corrected chi connectivity index (χ4v) is 1.81. The molecule has 2 aromatic rings. The van der Waals surface area contributed by atoms with Crippen LogP contribution in [0.2, 0.25) is 0 Å². The second kappa shape index (κ2) is 6.04. The van der Waals surface area contributed by atoms with Crippen molar-refractivity contribution in [2.45, 2.75) is 6.92 Å². The number of hydrogen-bond acceptors (Lipinski definition) is 3. The van der Waals surface area contributed by atoms with Gasteiger partial charge in [0.2, 0.25) is 5.56 Å². The Kier molecular flexibility index (Phi) is 4.18. The monoisotopic (exact) mass is 285 g/mol. The van der Waals surface area contributed by atoms with Crippen LogP contribution >= 0.6 is 0 Å². The summed E-state index contributed by atoms with van der Waals surface area (Å²) in [4.78, 5) is 37.3. The van der Waals surface area contributed by atoms with Crippen molar-refractivity contribution in [3.63, 3.8) is 0 Å². The maximum Gasteiger partial charge on any atom is 0.272 e. The molecule has 0 unspecified atom stereocenters. The number of anilines is 1. The number of carbonyl (C=O) groups excluding carboxylic acids is 2. The third kappa shape index (κ3) is 3.36. The lowest BCUT2D eigenvalue weighted by atomic mass is 10.1. The number of amides is 2. The number of benzene rings is 1. The third-order valence-corrected chi connectivity index (χ3v) is 2.99. The number of aromatic amines is 1. The number of aromatic nitrogens is 1. The lowest BCUT2D eigenvalue weighted by molar-refractivity contribution is 0.0961. The summed E-state index contributed by atoms with van der Waals surface area (Å²) in [5.74, 6) is -0.677. The first kappa shape index (κ1) is 14.5. The highest BCUT2D eigenvalue weighted by Gasteiger charge is 2.11. The largest absolute Gasteiger partial charge is 0.355 e. The Bertz CT molecular complexity index is 750. The number of rotatable bonds is 3. The molecule has 0 spiro atoms. The van der Waals surface area contributed by atoms with Crippen LogP contribution in [0.3, 0.4) is 0 Å². The molecule has 0 radical (unpaired) electrons. The fourth-order valence-electron chi connectivity index (χ4n) is 1.81. The van der Waals surface area contributed by atoms with E-state index in [0.717, 1.165) is 5.56 Å². The summed E-state index contributed by atoms with van der Waals surface area (Å²) in [6.07, 6.45) is 0. The molecule has 0 aliphatic heterocycles. The molecule has 0 aliphatic rings. The average Bonchev–Trinajstić information content (AvgIpc) is 2.48. The fraction of sp³-hybridized carbons (Fsp3) is 0.133. The van der Waals surface area contributed by atoms with Crippen molar-refractivity contribution >= 4 is 17.5 Å². The second-order valence-corrected chi connectivity index (χ2v) is 4.49. The zero-order valence-corrected chi connectivity index (χ0v) is 11.7. The van der Waals surface area contributed by atoms with Gasteiger partial charge in [-0.25, -0.2) is 0 Å². The van der Waals surface area contributed by atoms with E-state index in [9.17, 15) is 14.4 Å². The van der Waals surface area contributed by atoms with Crippen LogP contribution in [0.15, 0.2) is 41.2 Å². The molecule has 1 heterocycles. The van der Waals surface area contributed by atoms with Gasteiger partial charge in [-0.1, -0.05) is 12.1 Å². The summed E-state index contributed by atoms with van der Waals surface area (Å²) in [7, 11) is 1.54. The van der Waals surface area contributed by atoms with Gasteiger partial charge in [0.1, 0.15) is 5.69 Å². The molecule has 0 fully saturated rings.